The van der Waals surface area contributed by atoms with E-state index in [9.17, 15) is 9.59 Å². The smallest absolute Gasteiger partial charge is 0.223 e. The summed E-state index contributed by atoms with van der Waals surface area (Å²) >= 11 is 0. The number of anilines is 2. The molecule has 1 aromatic carbocycles. The number of nitrogens with one attached hydrogen (secondary N) is 1. The third-order valence-corrected chi connectivity index (χ3v) is 4.17. The first-order chi connectivity index (χ1) is 11.0. The Kier molecular flexibility index (Phi) is 6.02. The van der Waals surface area contributed by atoms with Crippen LogP contribution in [0.2, 0.25) is 0 Å². The maximum Gasteiger partial charge on any atom is 0.223 e. The highest BCUT2D eigenvalue weighted by Gasteiger charge is 2.15. The number of amides is 2. The Morgan fingerprint density at radius 1 is 1.17 bits per heavy atom. The lowest BCUT2D eigenvalue weighted by Crippen LogP contribution is -2.38. The Labute approximate surface area is 138 Å². The summed E-state index contributed by atoms with van der Waals surface area (Å²) in [6.07, 6.45) is 2.49. The van der Waals surface area contributed by atoms with Gasteiger partial charge in [0.1, 0.15) is 0 Å². The third-order valence-electron chi connectivity index (χ3n) is 4.17. The standard InChI is InChI=1S/C18H27N3O2/c1-14(2)18(23)19-10-13-21(15(3)22)17-8-6-16(7-9-17)20-11-4-5-12-20/h6-9,14H,4-5,10-13H2,1-3H3,(H,19,23). The van der Waals surface area contributed by atoms with Crippen molar-refractivity contribution >= 4 is 23.2 Å². The number of hydrogen-bond donors (Lipinski definition) is 1. The molecule has 0 aliphatic carbocycles. The van der Waals surface area contributed by atoms with Gasteiger partial charge in [-0.1, -0.05) is 13.8 Å². The lowest BCUT2D eigenvalue weighted by molar-refractivity contribution is -0.124. The van der Waals surface area contributed by atoms with Crippen molar-refractivity contribution in [3.63, 3.8) is 0 Å². The molecule has 1 aliphatic heterocycles. The molecule has 126 valence electrons. The molecule has 0 saturated carbocycles. The van der Waals surface area contributed by atoms with Crippen molar-refractivity contribution in [2.75, 3.05) is 36.0 Å². The predicted molar refractivity (Wildman–Crippen MR) is 93.8 cm³/mol. The van der Waals surface area contributed by atoms with E-state index in [0.717, 1.165) is 18.8 Å². The van der Waals surface area contributed by atoms with Crippen molar-refractivity contribution in [3.05, 3.63) is 24.3 Å². The number of benzene rings is 1. The van der Waals surface area contributed by atoms with Gasteiger partial charge in [0.25, 0.3) is 0 Å². The van der Waals surface area contributed by atoms with E-state index >= 15 is 0 Å². The first-order valence-corrected chi connectivity index (χ1v) is 8.40. The van der Waals surface area contributed by atoms with Crippen LogP contribution in [0.15, 0.2) is 24.3 Å². The van der Waals surface area contributed by atoms with E-state index in [1.165, 1.54) is 18.5 Å². The molecule has 1 aromatic rings. The molecule has 0 bridgehead atoms. The lowest BCUT2D eigenvalue weighted by atomic mass is 10.2. The van der Waals surface area contributed by atoms with Crippen LogP contribution in [-0.2, 0) is 9.59 Å². The number of nitrogens with zero attached hydrogens (tertiary/aromatic N) is 2. The van der Waals surface area contributed by atoms with Gasteiger partial charge in [-0.05, 0) is 37.1 Å². The van der Waals surface area contributed by atoms with Crippen LogP contribution in [0.3, 0.4) is 0 Å². The van der Waals surface area contributed by atoms with Crippen LogP contribution in [0.1, 0.15) is 33.6 Å². The van der Waals surface area contributed by atoms with Crippen LogP contribution in [0.25, 0.3) is 0 Å². The summed E-state index contributed by atoms with van der Waals surface area (Å²) in [5.41, 5.74) is 2.09. The van der Waals surface area contributed by atoms with E-state index in [-0.39, 0.29) is 17.7 Å². The summed E-state index contributed by atoms with van der Waals surface area (Å²) in [5.74, 6) is -0.0453. The molecule has 1 fully saturated rings. The Morgan fingerprint density at radius 3 is 2.30 bits per heavy atom. The van der Waals surface area contributed by atoms with Crippen molar-refractivity contribution in [2.45, 2.75) is 33.6 Å². The van der Waals surface area contributed by atoms with Gasteiger partial charge in [0, 0.05) is 50.4 Å². The van der Waals surface area contributed by atoms with Gasteiger partial charge in [0.2, 0.25) is 11.8 Å². The summed E-state index contributed by atoms with van der Waals surface area (Å²) in [7, 11) is 0. The first kappa shape index (κ1) is 17.3. The summed E-state index contributed by atoms with van der Waals surface area (Å²) in [5, 5.41) is 2.85. The molecule has 5 heteroatoms. The Bertz CT molecular complexity index is 534. The topological polar surface area (TPSA) is 52.7 Å². The molecule has 1 saturated heterocycles. The molecule has 5 nitrogen and oxygen atoms in total. The number of carbonyl (C=O) groups excluding carboxylic acids is 2. The Morgan fingerprint density at radius 2 is 1.78 bits per heavy atom. The fourth-order valence-electron chi connectivity index (χ4n) is 2.78. The van der Waals surface area contributed by atoms with Crippen LogP contribution < -0.4 is 15.1 Å². The molecule has 0 unspecified atom stereocenters. The van der Waals surface area contributed by atoms with Crippen molar-refractivity contribution < 1.29 is 9.59 Å². The largest absolute Gasteiger partial charge is 0.372 e. The van der Waals surface area contributed by atoms with Gasteiger partial charge in [0.15, 0.2) is 0 Å². The predicted octanol–water partition coefficient (Wildman–Crippen LogP) is 2.41. The molecular weight excluding hydrogens is 290 g/mol. The van der Waals surface area contributed by atoms with E-state index in [1.807, 2.05) is 26.0 Å². The molecule has 0 radical (unpaired) electrons. The highest BCUT2D eigenvalue weighted by molar-refractivity contribution is 5.91. The molecule has 2 rings (SSSR count). The van der Waals surface area contributed by atoms with Crippen molar-refractivity contribution in [3.8, 4) is 0 Å². The Hall–Kier alpha value is -2.04. The molecule has 2 amide bonds. The molecule has 1 aliphatic rings. The zero-order valence-corrected chi connectivity index (χ0v) is 14.3. The average Bonchev–Trinajstić information content (AvgIpc) is 3.05. The fraction of sp³-hybridized carbons (Fsp3) is 0.556. The first-order valence-electron chi connectivity index (χ1n) is 8.40. The number of rotatable bonds is 6. The van der Waals surface area contributed by atoms with Crippen LogP contribution in [-0.4, -0.2) is 38.0 Å². The van der Waals surface area contributed by atoms with Crippen LogP contribution >= 0.6 is 0 Å². The highest BCUT2D eigenvalue weighted by Crippen LogP contribution is 2.23. The molecule has 0 spiro atoms. The number of hydrogen-bond acceptors (Lipinski definition) is 3. The van der Waals surface area contributed by atoms with Gasteiger partial charge in [-0.2, -0.15) is 0 Å². The van der Waals surface area contributed by atoms with Crippen LogP contribution in [0.4, 0.5) is 11.4 Å². The minimum absolute atomic E-state index is 0.0119. The SMILES string of the molecule is CC(=O)N(CCNC(=O)C(C)C)c1ccc(N2CCCC2)cc1. The zero-order chi connectivity index (χ0) is 16.8. The molecule has 1 heterocycles. The molecular formula is C18H27N3O2. The maximum absolute atomic E-state index is 11.9. The summed E-state index contributed by atoms with van der Waals surface area (Å²) in [6.45, 7) is 8.43. The second-order valence-corrected chi connectivity index (χ2v) is 6.33. The van der Waals surface area contributed by atoms with Crippen molar-refractivity contribution in [1.82, 2.24) is 5.32 Å². The number of carbonyl (C=O) groups is 2. The van der Waals surface area contributed by atoms with Gasteiger partial charge in [-0.25, -0.2) is 0 Å². The monoisotopic (exact) mass is 317 g/mol. The quantitative estimate of drug-likeness (QED) is 0.876. The van der Waals surface area contributed by atoms with E-state index in [1.54, 1.807) is 11.8 Å². The molecule has 0 aromatic heterocycles. The second kappa shape index (κ2) is 7.99. The van der Waals surface area contributed by atoms with E-state index in [2.05, 4.69) is 22.3 Å². The van der Waals surface area contributed by atoms with Crippen molar-refractivity contribution in [1.29, 1.82) is 0 Å². The zero-order valence-electron chi connectivity index (χ0n) is 14.3. The van der Waals surface area contributed by atoms with Gasteiger partial charge in [-0.3, -0.25) is 9.59 Å². The minimum atomic E-state index is -0.0412. The summed E-state index contributed by atoms with van der Waals surface area (Å²) in [6, 6.07) is 8.12. The minimum Gasteiger partial charge on any atom is -0.372 e. The van der Waals surface area contributed by atoms with E-state index < -0.39 is 0 Å². The second-order valence-electron chi connectivity index (χ2n) is 6.33. The fourth-order valence-corrected chi connectivity index (χ4v) is 2.78. The summed E-state index contributed by atoms with van der Waals surface area (Å²) < 4.78 is 0. The van der Waals surface area contributed by atoms with Gasteiger partial charge in [-0.15, -0.1) is 0 Å². The van der Waals surface area contributed by atoms with Crippen LogP contribution in [0, 0.1) is 5.92 Å². The molecule has 23 heavy (non-hydrogen) atoms. The maximum atomic E-state index is 11.9. The van der Waals surface area contributed by atoms with Crippen LogP contribution in [0.5, 0.6) is 0 Å². The van der Waals surface area contributed by atoms with E-state index in [0.29, 0.717) is 13.1 Å². The van der Waals surface area contributed by atoms with Gasteiger partial charge < -0.3 is 15.1 Å². The molecule has 1 N–H and O–H groups in total. The highest BCUT2D eigenvalue weighted by atomic mass is 16.2. The lowest BCUT2D eigenvalue weighted by Gasteiger charge is -2.23. The summed E-state index contributed by atoms with van der Waals surface area (Å²) in [4.78, 5) is 27.6. The van der Waals surface area contributed by atoms with Gasteiger partial charge in [0.05, 0.1) is 0 Å². The Balaban J connectivity index is 1.97. The third kappa shape index (κ3) is 4.71. The average molecular weight is 317 g/mol. The van der Waals surface area contributed by atoms with Crippen molar-refractivity contribution in [2.24, 2.45) is 5.92 Å². The molecule has 0 atom stereocenters. The van der Waals surface area contributed by atoms with E-state index in [4.69, 9.17) is 0 Å². The normalized spacial score (nSPS) is 14.2. The van der Waals surface area contributed by atoms with Gasteiger partial charge >= 0.3 is 0 Å².